The van der Waals surface area contributed by atoms with Crippen LogP contribution in [0.15, 0.2) is 200 Å². The van der Waals surface area contributed by atoms with E-state index in [-0.39, 0.29) is 0 Å². The molecule has 0 unspecified atom stereocenters. The van der Waals surface area contributed by atoms with E-state index in [1.165, 1.54) is 71.0 Å². The first kappa shape index (κ1) is 31.7. The third-order valence-corrected chi connectivity index (χ3v) is 11.7. The van der Waals surface area contributed by atoms with Crippen molar-refractivity contribution in [3.63, 3.8) is 0 Å². The number of hydrogen-bond acceptors (Lipinski definition) is 2. The van der Waals surface area contributed by atoms with Crippen LogP contribution in [0.2, 0.25) is 0 Å². The van der Waals surface area contributed by atoms with Gasteiger partial charge in [-0.2, -0.15) is 0 Å². The van der Waals surface area contributed by atoms with Crippen LogP contribution in [0.1, 0.15) is 0 Å². The summed E-state index contributed by atoms with van der Waals surface area (Å²) in [6.07, 6.45) is 0. The normalized spacial score (nSPS) is 11.9. The van der Waals surface area contributed by atoms with Crippen molar-refractivity contribution in [3.05, 3.63) is 200 Å². The molecule has 10 aromatic carbocycles. The third kappa shape index (κ3) is 4.79. The van der Waals surface area contributed by atoms with E-state index in [2.05, 4.69) is 193 Å². The van der Waals surface area contributed by atoms with Crippen molar-refractivity contribution in [3.8, 4) is 50.5 Å². The second-order valence-electron chi connectivity index (χ2n) is 14.9. The van der Waals surface area contributed by atoms with Crippen LogP contribution in [0.3, 0.4) is 0 Å². The Kier molecular flexibility index (Phi) is 6.93. The summed E-state index contributed by atoms with van der Waals surface area (Å²) in [5.74, 6) is 0. The highest BCUT2D eigenvalue weighted by Gasteiger charge is 2.23. The van der Waals surface area contributed by atoms with Gasteiger partial charge in [0.15, 0.2) is 0 Å². The van der Waals surface area contributed by atoms with Gasteiger partial charge in [-0.05, 0) is 97.0 Å². The summed E-state index contributed by atoms with van der Waals surface area (Å²) in [5, 5.41) is 9.81. The smallest absolute Gasteiger partial charge is 0.0979 e. The molecule has 0 aliphatic carbocycles. The molecule has 0 saturated carbocycles. The van der Waals surface area contributed by atoms with Gasteiger partial charge in [0, 0.05) is 27.6 Å². The van der Waals surface area contributed by atoms with Gasteiger partial charge in [-0.3, -0.25) is 0 Å². The lowest BCUT2D eigenvalue weighted by Crippen LogP contribution is -1.98. The van der Waals surface area contributed by atoms with Gasteiger partial charge < -0.3 is 4.57 Å². The van der Waals surface area contributed by atoms with E-state index in [9.17, 15) is 0 Å². The van der Waals surface area contributed by atoms with E-state index in [0.717, 1.165) is 44.6 Å². The van der Waals surface area contributed by atoms with Crippen LogP contribution < -0.4 is 0 Å². The van der Waals surface area contributed by atoms with Crippen LogP contribution in [0.25, 0.3) is 116 Å². The molecular formula is C54H33N3. The lowest BCUT2D eigenvalue weighted by molar-refractivity contribution is 1.18. The monoisotopic (exact) mass is 723 g/mol. The second-order valence-corrected chi connectivity index (χ2v) is 14.9. The molecule has 0 aliphatic heterocycles. The highest BCUT2D eigenvalue weighted by atomic mass is 15.0. The number of para-hydroxylation sites is 4. The van der Waals surface area contributed by atoms with Crippen LogP contribution in [-0.2, 0) is 0 Å². The highest BCUT2D eigenvalue weighted by Crippen LogP contribution is 2.48. The standard InChI is InChI=1S/C54H33N3/c1-4-15-34(16-5-1)38-28-27-36-33-45(54-53(35-17-6-2-7-18-35)55-46-23-11-12-24-47(46)56-54)43-30-29-39(42-32-31-41(38)50(36)52(42)43)40-22-14-26-49-51(40)44-21-10-13-25-48(44)57(49)37-19-8-3-9-20-37/h1-33H. The molecule has 3 heteroatoms. The van der Waals surface area contributed by atoms with Gasteiger partial charge >= 0.3 is 0 Å². The van der Waals surface area contributed by atoms with Crippen molar-refractivity contribution in [2.45, 2.75) is 0 Å². The predicted molar refractivity (Wildman–Crippen MR) is 239 cm³/mol. The maximum Gasteiger partial charge on any atom is 0.0979 e. The van der Waals surface area contributed by atoms with Gasteiger partial charge in [0.1, 0.15) is 0 Å². The maximum absolute atomic E-state index is 5.42. The highest BCUT2D eigenvalue weighted by molar-refractivity contribution is 6.31. The minimum Gasteiger partial charge on any atom is -0.309 e. The minimum absolute atomic E-state index is 0.880. The number of aromatic nitrogens is 3. The molecule has 0 amide bonds. The third-order valence-electron chi connectivity index (χ3n) is 11.7. The molecule has 0 N–H and O–H groups in total. The summed E-state index contributed by atoms with van der Waals surface area (Å²) >= 11 is 0. The fraction of sp³-hybridized carbons (Fsp3) is 0. The number of rotatable bonds is 5. The Labute approximate surface area is 329 Å². The fourth-order valence-electron chi connectivity index (χ4n) is 9.28. The summed E-state index contributed by atoms with van der Waals surface area (Å²) in [6.45, 7) is 0. The zero-order valence-electron chi connectivity index (χ0n) is 30.9. The number of hydrogen-bond donors (Lipinski definition) is 0. The maximum atomic E-state index is 5.42. The van der Waals surface area contributed by atoms with E-state index in [0.29, 0.717) is 0 Å². The van der Waals surface area contributed by atoms with Crippen LogP contribution in [0.5, 0.6) is 0 Å². The van der Waals surface area contributed by atoms with Crippen molar-refractivity contribution in [1.29, 1.82) is 0 Å². The lowest BCUT2D eigenvalue weighted by atomic mass is 9.84. The molecule has 0 aliphatic rings. The van der Waals surface area contributed by atoms with Gasteiger partial charge in [-0.25, -0.2) is 9.97 Å². The molecule has 12 rings (SSSR count). The molecule has 2 aromatic heterocycles. The predicted octanol–water partition coefficient (Wildman–Crippen LogP) is 14.3. The Morgan fingerprint density at radius 3 is 1.67 bits per heavy atom. The first-order valence-electron chi connectivity index (χ1n) is 19.5. The molecule has 0 fully saturated rings. The second kappa shape index (κ2) is 12.5. The van der Waals surface area contributed by atoms with E-state index in [4.69, 9.17) is 9.97 Å². The van der Waals surface area contributed by atoms with Crippen molar-refractivity contribution >= 4 is 65.2 Å². The molecule has 0 bridgehead atoms. The Hall–Kier alpha value is -7.62. The Morgan fingerprint density at radius 2 is 0.895 bits per heavy atom. The number of benzene rings is 10. The van der Waals surface area contributed by atoms with Gasteiger partial charge in [-0.15, -0.1) is 0 Å². The Bertz CT molecular complexity index is 3500. The van der Waals surface area contributed by atoms with Gasteiger partial charge in [0.25, 0.3) is 0 Å². The molecule has 0 saturated heterocycles. The summed E-state index contributed by atoms with van der Waals surface area (Å²) in [4.78, 5) is 10.7. The van der Waals surface area contributed by atoms with Crippen molar-refractivity contribution < 1.29 is 0 Å². The molecule has 12 aromatic rings. The average Bonchev–Trinajstić information content (AvgIpc) is 3.63. The molecule has 0 spiro atoms. The summed E-state index contributed by atoms with van der Waals surface area (Å²) in [6, 6.07) is 72.0. The largest absolute Gasteiger partial charge is 0.309 e. The van der Waals surface area contributed by atoms with Crippen LogP contribution >= 0.6 is 0 Å². The minimum atomic E-state index is 0.880. The average molecular weight is 724 g/mol. The number of nitrogens with zero attached hydrogens (tertiary/aromatic N) is 3. The van der Waals surface area contributed by atoms with E-state index in [1.807, 2.05) is 12.1 Å². The summed E-state index contributed by atoms with van der Waals surface area (Å²) in [7, 11) is 0. The zero-order chi connectivity index (χ0) is 37.5. The first-order valence-corrected chi connectivity index (χ1v) is 19.5. The molecule has 3 nitrogen and oxygen atoms in total. The molecule has 0 radical (unpaired) electrons. The quantitative estimate of drug-likeness (QED) is 0.166. The molecule has 2 heterocycles. The lowest BCUT2D eigenvalue weighted by Gasteiger charge is -2.20. The van der Waals surface area contributed by atoms with E-state index < -0.39 is 0 Å². The van der Waals surface area contributed by atoms with Gasteiger partial charge in [0.2, 0.25) is 0 Å². The molecular weight excluding hydrogens is 691 g/mol. The van der Waals surface area contributed by atoms with E-state index in [1.54, 1.807) is 0 Å². The zero-order valence-corrected chi connectivity index (χ0v) is 30.9. The summed E-state index contributed by atoms with van der Waals surface area (Å²) < 4.78 is 2.40. The SMILES string of the molecule is c1ccc(-c2nc3ccccc3nc2-c2cc3ccc(-c4ccccc4)c4ccc5c(-c6cccc7c6c6ccccc6n7-c6ccccc6)ccc2c5c34)cc1. The van der Waals surface area contributed by atoms with Crippen molar-refractivity contribution in [2.24, 2.45) is 0 Å². The van der Waals surface area contributed by atoms with Crippen LogP contribution in [-0.4, -0.2) is 14.5 Å². The van der Waals surface area contributed by atoms with Crippen LogP contribution in [0.4, 0.5) is 0 Å². The van der Waals surface area contributed by atoms with Gasteiger partial charge in [-0.1, -0.05) is 158 Å². The van der Waals surface area contributed by atoms with Crippen molar-refractivity contribution in [1.82, 2.24) is 14.5 Å². The first-order chi connectivity index (χ1) is 28.3. The van der Waals surface area contributed by atoms with Crippen molar-refractivity contribution in [2.75, 3.05) is 0 Å². The van der Waals surface area contributed by atoms with Crippen LogP contribution in [0, 0.1) is 0 Å². The molecule has 0 atom stereocenters. The van der Waals surface area contributed by atoms with E-state index >= 15 is 0 Å². The molecule has 264 valence electrons. The molecule has 57 heavy (non-hydrogen) atoms. The number of fused-ring (bicyclic) bond motifs is 4. The Morgan fingerprint density at radius 1 is 0.316 bits per heavy atom. The van der Waals surface area contributed by atoms with Gasteiger partial charge in [0.05, 0.1) is 33.5 Å². The summed E-state index contributed by atoms with van der Waals surface area (Å²) in [5.41, 5.74) is 14.1. The topological polar surface area (TPSA) is 30.7 Å². The Balaban J connectivity index is 1.21. The fourth-order valence-corrected chi connectivity index (χ4v) is 9.28.